The van der Waals surface area contributed by atoms with Crippen LogP contribution in [0, 0.1) is 0 Å². The first-order valence-electron chi connectivity index (χ1n) is 10.1. The van der Waals surface area contributed by atoms with Gasteiger partial charge in [-0.25, -0.2) is 4.98 Å². The van der Waals surface area contributed by atoms with Crippen molar-refractivity contribution in [2.45, 2.75) is 18.7 Å². The van der Waals surface area contributed by atoms with Gasteiger partial charge in [0.25, 0.3) is 0 Å². The molecule has 0 bridgehead atoms. The number of benzene rings is 2. The van der Waals surface area contributed by atoms with E-state index in [2.05, 4.69) is 4.98 Å². The Kier molecular flexibility index (Phi) is 6.14. The van der Waals surface area contributed by atoms with Crippen LogP contribution in [0.25, 0.3) is 11.1 Å². The van der Waals surface area contributed by atoms with Gasteiger partial charge in [0, 0.05) is 36.5 Å². The normalized spacial score (nSPS) is 16.2. The van der Waals surface area contributed by atoms with Gasteiger partial charge in [-0.1, -0.05) is 36.4 Å². The van der Waals surface area contributed by atoms with Gasteiger partial charge in [0.2, 0.25) is 5.88 Å². The lowest BCUT2D eigenvalue weighted by atomic mass is 9.99. The number of ether oxygens (including phenoxy) is 1. The van der Waals surface area contributed by atoms with Gasteiger partial charge in [0.05, 0.1) is 12.1 Å². The molecule has 4 rings (SSSR count). The Morgan fingerprint density at radius 2 is 1.88 bits per heavy atom. The third-order valence-corrected chi connectivity index (χ3v) is 5.38. The largest absolute Gasteiger partial charge is 0.472 e. The predicted molar refractivity (Wildman–Crippen MR) is 114 cm³/mol. The minimum Gasteiger partial charge on any atom is -0.472 e. The van der Waals surface area contributed by atoms with Gasteiger partial charge in [-0.2, -0.15) is 13.2 Å². The van der Waals surface area contributed by atoms with Gasteiger partial charge >= 0.3 is 6.18 Å². The zero-order valence-corrected chi connectivity index (χ0v) is 17.0. The Hall–Kier alpha value is -3.39. The van der Waals surface area contributed by atoms with Gasteiger partial charge in [-0.3, -0.25) is 4.79 Å². The molecule has 5 nitrogen and oxygen atoms in total. The molecule has 1 fully saturated rings. The summed E-state index contributed by atoms with van der Waals surface area (Å²) in [5.41, 5.74) is 2.11. The zero-order valence-electron chi connectivity index (χ0n) is 17.0. The van der Waals surface area contributed by atoms with Crippen molar-refractivity contribution < 1.29 is 27.8 Å². The molecule has 1 aromatic heterocycles. The average molecular weight is 442 g/mol. The molecule has 0 amide bonds. The molecule has 0 spiro atoms. The highest BCUT2D eigenvalue weighted by atomic mass is 19.4. The smallest absolute Gasteiger partial charge is 0.417 e. The second-order valence-electron chi connectivity index (χ2n) is 7.54. The fourth-order valence-electron chi connectivity index (χ4n) is 3.76. The second-order valence-corrected chi connectivity index (χ2v) is 7.54. The number of alkyl halides is 3. The van der Waals surface area contributed by atoms with Crippen molar-refractivity contribution in [2.24, 2.45) is 0 Å². The van der Waals surface area contributed by atoms with Gasteiger partial charge in [-0.15, -0.1) is 0 Å². The van der Waals surface area contributed by atoms with Gasteiger partial charge in [0.1, 0.15) is 12.7 Å². The van der Waals surface area contributed by atoms with Crippen LogP contribution >= 0.6 is 0 Å². The van der Waals surface area contributed by atoms with Crippen molar-refractivity contribution >= 4 is 11.5 Å². The molecule has 8 heteroatoms. The van der Waals surface area contributed by atoms with Gasteiger partial charge in [0.15, 0.2) is 5.78 Å². The van der Waals surface area contributed by atoms with Crippen LogP contribution in [0.1, 0.15) is 22.3 Å². The second kappa shape index (κ2) is 9.00. The zero-order chi connectivity index (χ0) is 22.7. The summed E-state index contributed by atoms with van der Waals surface area (Å²) < 4.78 is 43.9. The first kappa shape index (κ1) is 21.8. The molecule has 166 valence electrons. The predicted octanol–water partition coefficient (Wildman–Crippen LogP) is 4.60. The summed E-state index contributed by atoms with van der Waals surface area (Å²) in [5.74, 6) is -0.262. The molecule has 0 radical (unpaired) electrons. The Morgan fingerprint density at radius 1 is 1.09 bits per heavy atom. The molecule has 32 heavy (non-hydrogen) atoms. The number of aliphatic hydroxyl groups excluding tert-OH is 1. The summed E-state index contributed by atoms with van der Waals surface area (Å²) in [5, 5.41) is 9.46. The van der Waals surface area contributed by atoms with E-state index >= 15 is 0 Å². The van der Waals surface area contributed by atoms with Crippen molar-refractivity contribution in [1.82, 2.24) is 4.98 Å². The number of rotatable bonds is 6. The number of pyridine rings is 1. The summed E-state index contributed by atoms with van der Waals surface area (Å²) in [6.07, 6.45) is -3.36. The van der Waals surface area contributed by atoms with E-state index in [4.69, 9.17) is 4.74 Å². The van der Waals surface area contributed by atoms with E-state index in [0.717, 1.165) is 23.4 Å². The van der Waals surface area contributed by atoms with Crippen LogP contribution in [0.4, 0.5) is 18.9 Å². The summed E-state index contributed by atoms with van der Waals surface area (Å²) in [4.78, 5) is 18.2. The molecule has 2 heterocycles. The Labute approximate surface area is 183 Å². The van der Waals surface area contributed by atoms with Crippen molar-refractivity contribution in [1.29, 1.82) is 0 Å². The van der Waals surface area contributed by atoms with Crippen LogP contribution in [0.15, 0.2) is 66.9 Å². The maximum absolute atomic E-state index is 12.7. The molecular weight excluding hydrogens is 421 g/mol. The van der Waals surface area contributed by atoms with Crippen LogP contribution in [0.2, 0.25) is 0 Å². The molecule has 1 atom stereocenters. The minimum atomic E-state index is -4.45. The van der Waals surface area contributed by atoms with Crippen LogP contribution < -0.4 is 9.64 Å². The monoisotopic (exact) mass is 442 g/mol. The number of aromatic nitrogens is 1. The molecular formula is C24H21F3N2O3. The van der Waals surface area contributed by atoms with Gasteiger partial charge in [-0.05, 0) is 29.3 Å². The lowest BCUT2D eigenvalue weighted by molar-refractivity contribution is -0.137. The average Bonchev–Trinajstić information content (AvgIpc) is 3.26. The Bertz CT molecular complexity index is 1090. The SMILES string of the molecule is O=C(CO)c1cc(-c2ccccc2)ccc1N1CC[C@H](Oc2ccc(C(F)(F)F)cn2)C1. The maximum atomic E-state index is 12.7. The van der Waals surface area contributed by atoms with E-state index in [9.17, 15) is 23.1 Å². The fourth-order valence-corrected chi connectivity index (χ4v) is 3.76. The first-order valence-corrected chi connectivity index (χ1v) is 10.1. The van der Waals surface area contributed by atoms with E-state index < -0.39 is 18.3 Å². The van der Waals surface area contributed by atoms with E-state index in [1.165, 1.54) is 6.07 Å². The number of Topliss-reactive ketones (excluding diaryl/α,β-unsaturated/α-hetero) is 1. The van der Waals surface area contributed by atoms with Crippen molar-refractivity contribution in [3.05, 3.63) is 78.0 Å². The van der Waals surface area contributed by atoms with E-state index in [1.807, 2.05) is 47.4 Å². The molecule has 0 saturated carbocycles. The summed E-state index contributed by atoms with van der Waals surface area (Å²) in [7, 11) is 0. The fraction of sp³-hybridized carbons (Fsp3) is 0.250. The number of halogens is 3. The third-order valence-electron chi connectivity index (χ3n) is 5.38. The maximum Gasteiger partial charge on any atom is 0.417 e. The highest BCUT2D eigenvalue weighted by Gasteiger charge is 2.31. The molecule has 1 saturated heterocycles. The lowest BCUT2D eigenvalue weighted by Crippen LogP contribution is -2.26. The molecule has 2 aromatic carbocycles. The van der Waals surface area contributed by atoms with Crippen LogP contribution in [-0.4, -0.2) is 41.7 Å². The highest BCUT2D eigenvalue weighted by Crippen LogP contribution is 2.32. The summed E-state index contributed by atoms with van der Waals surface area (Å²) >= 11 is 0. The molecule has 0 aliphatic carbocycles. The number of nitrogens with zero attached hydrogens (tertiary/aromatic N) is 2. The number of ketones is 1. The van der Waals surface area contributed by atoms with Crippen LogP contribution in [0.5, 0.6) is 5.88 Å². The van der Waals surface area contributed by atoms with Crippen LogP contribution in [-0.2, 0) is 6.18 Å². The number of carbonyl (C=O) groups excluding carboxylic acids is 1. The third kappa shape index (κ3) is 4.75. The van der Waals surface area contributed by atoms with E-state index in [0.29, 0.717) is 30.8 Å². The topological polar surface area (TPSA) is 62.7 Å². The molecule has 0 unspecified atom stereocenters. The number of aliphatic hydroxyl groups is 1. The van der Waals surface area contributed by atoms with Crippen molar-refractivity contribution in [2.75, 3.05) is 24.6 Å². The first-order chi connectivity index (χ1) is 15.3. The Morgan fingerprint density at radius 3 is 2.53 bits per heavy atom. The molecule has 1 aliphatic rings. The highest BCUT2D eigenvalue weighted by molar-refractivity contribution is 6.03. The quantitative estimate of drug-likeness (QED) is 0.566. The van der Waals surface area contributed by atoms with Crippen molar-refractivity contribution in [3.63, 3.8) is 0 Å². The molecule has 3 aromatic rings. The molecule has 1 N–H and O–H groups in total. The summed E-state index contributed by atoms with van der Waals surface area (Å²) in [6.45, 7) is 0.440. The van der Waals surface area contributed by atoms with E-state index in [-0.39, 0.29) is 17.8 Å². The minimum absolute atomic E-state index is 0.121. The number of hydrogen-bond acceptors (Lipinski definition) is 5. The lowest BCUT2D eigenvalue weighted by Gasteiger charge is -2.22. The number of hydrogen-bond donors (Lipinski definition) is 1. The molecule has 1 aliphatic heterocycles. The standard InChI is InChI=1S/C24H21F3N2O3/c25-24(26,27)18-7-9-23(28-13-18)32-19-10-11-29(14-19)21-8-6-17(12-20(21)22(31)15-30)16-4-2-1-3-5-16/h1-9,12-13,19,30H,10-11,14-15H2/t19-/m0/s1. The van der Waals surface area contributed by atoms with E-state index in [1.54, 1.807) is 6.07 Å². The summed E-state index contributed by atoms with van der Waals surface area (Å²) in [6, 6.07) is 17.3. The van der Waals surface area contributed by atoms with Crippen molar-refractivity contribution in [3.8, 4) is 17.0 Å². The number of carbonyl (C=O) groups is 1. The van der Waals surface area contributed by atoms with Crippen LogP contribution in [0.3, 0.4) is 0 Å². The number of anilines is 1. The Balaban J connectivity index is 1.51. The van der Waals surface area contributed by atoms with Gasteiger partial charge < -0.3 is 14.7 Å².